The van der Waals surface area contributed by atoms with Gasteiger partial charge in [0.2, 0.25) is 0 Å². The lowest BCUT2D eigenvalue weighted by molar-refractivity contribution is -0.123. The number of nitrogens with one attached hydrogen (secondary N) is 1. The maximum atomic E-state index is 14.2. The van der Waals surface area contributed by atoms with Gasteiger partial charge in [0.25, 0.3) is 5.91 Å². The molecule has 2 aliphatic rings. The Morgan fingerprint density at radius 2 is 1.85 bits per heavy atom. The average molecular weight is 474 g/mol. The van der Waals surface area contributed by atoms with Crippen LogP contribution >= 0.6 is 11.8 Å². The molecule has 0 radical (unpaired) electrons. The highest BCUT2D eigenvalue weighted by molar-refractivity contribution is 8.01. The number of benzene rings is 3. The predicted octanol–water partition coefficient (Wildman–Crippen LogP) is 5.29. The van der Waals surface area contributed by atoms with E-state index in [1.54, 1.807) is 12.0 Å². The maximum absolute atomic E-state index is 14.2. The van der Waals surface area contributed by atoms with Gasteiger partial charge in [-0.2, -0.15) is 0 Å². The number of hydrogen-bond acceptors (Lipinski definition) is 4. The smallest absolute Gasteiger partial charge is 0.323 e. The van der Waals surface area contributed by atoms with Crippen LogP contribution < -0.4 is 15.0 Å². The molecule has 1 N–H and O–H groups in total. The Morgan fingerprint density at radius 3 is 2.59 bits per heavy atom. The SMILES string of the molecule is COc1ccc2c(c1)C1(SCCN1C(=O)Nc1ccc(C)cc1)C(=O)N2Cc1ccccc1C. The number of hydrogen-bond donors (Lipinski definition) is 1. The van der Waals surface area contributed by atoms with Gasteiger partial charge in [0.05, 0.1) is 19.3 Å². The molecule has 1 unspecified atom stereocenters. The number of fused-ring (bicyclic) bond motifs is 2. The molecule has 5 rings (SSSR count). The molecular weight excluding hydrogens is 446 g/mol. The van der Waals surface area contributed by atoms with E-state index in [9.17, 15) is 9.59 Å². The molecule has 3 aromatic carbocycles. The Kier molecular flexibility index (Phi) is 5.73. The highest BCUT2D eigenvalue weighted by Crippen LogP contribution is 2.55. The van der Waals surface area contributed by atoms with E-state index < -0.39 is 4.87 Å². The molecule has 0 saturated carbocycles. The lowest BCUT2D eigenvalue weighted by atomic mass is 10.1. The molecule has 2 heterocycles. The van der Waals surface area contributed by atoms with Crippen LogP contribution in [-0.2, 0) is 16.2 Å². The summed E-state index contributed by atoms with van der Waals surface area (Å²) in [5.74, 6) is 1.23. The van der Waals surface area contributed by atoms with Crippen molar-refractivity contribution in [2.24, 2.45) is 0 Å². The normalized spacial score (nSPS) is 19.0. The van der Waals surface area contributed by atoms with Crippen molar-refractivity contribution in [1.29, 1.82) is 0 Å². The molecule has 174 valence electrons. The first-order valence-corrected chi connectivity index (χ1v) is 12.3. The summed E-state index contributed by atoms with van der Waals surface area (Å²) in [6, 6.07) is 21.1. The Labute approximate surface area is 203 Å². The summed E-state index contributed by atoms with van der Waals surface area (Å²) in [7, 11) is 1.61. The molecule has 3 amide bonds. The second kappa shape index (κ2) is 8.72. The topological polar surface area (TPSA) is 61.9 Å². The fourth-order valence-electron chi connectivity index (χ4n) is 4.66. The van der Waals surface area contributed by atoms with Crippen LogP contribution in [0.5, 0.6) is 5.75 Å². The number of ether oxygens (including phenoxy) is 1. The number of thioether (sulfide) groups is 1. The highest BCUT2D eigenvalue weighted by atomic mass is 32.2. The van der Waals surface area contributed by atoms with Crippen molar-refractivity contribution in [2.45, 2.75) is 25.3 Å². The molecule has 1 spiro atoms. The fraction of sp³-hybridized carbons (Fsp3) is 0.259. The van der Waals surface area contributed by atoms with Crippen LogP contribution in [0.1, 0.15) is 22.3 Å². The largest absolute Gasteiger partial charge is 0.497 e. The van der Waals surface area contributed by atoms with E-state index in [1.165, 1.54) is 11.8 Å². The molecule has 1 saturated heterocycles. The van der Waals surface area contributed by atoms with E-state index in [1.807, 2.05) is 85.5 Å². The molecule has 6 nitrogen and oxygen atoms in total. The minimum atomic E-state index is -1.12. The Hall–Kier alpha value is -3.45. The summed E-state index contributed by atoms with van der Waals surface area (Å²) >= 11 is 1.51. The number of nitrogens with zero attached hydrogens (tertiary/aromatic N) is 2. The third kappa shape index (κ3) is 3.60. The summed E-state index contributed by atoms with van der Waals surface area (Å²) in [5.41, 5.74) is 5.64. The zero-order valence-electron chi connectivity index (χ0n) is 19.5. The van der Waals surface area contributed by atoms with Gasteiger partial charge in [-0.05, 0) is 55.3 Å². The van der Waals surface area contributed by atoms with E-state index in [-0.39, 0.29) is 11.9 Å². The van der Waals surface area contributed by atoms with Gasteiger partial charge in [-0.25, -0.2) is 4.79 Å². The number of rotatable bonds is 4. The van der Waals surface area contributed by atoms with Gasteiger partial charge in [-0.1, -0.05) is 42.0 Å². The zero-order chi connectivity index (χ0) is 23.9. The van der Waals surface area contributed by atoms with Crippen molar-refractivity contribution in [2.75, 3.05) is 29.6 Å². The Morgan fingerprint density at radius 1 is 1.09 bits per heavy atom. The third-order valence-electron chi connectivity index (χ3n) is 6.54. The van der Waals surface area contributed by atoms with E-state index in [4.69, 9.17) is 4.74 Å². The Balaban J connectivity index is 1.55. The second-order valence-corrected chi connectivity index (χ2v) is 9.93. The lowest BCUT2D eigenvalue weighted by Gasteiger charge is -2.33. The fourth-order valence-corrected chi connectivity index (χ4v) is 6.12. The van der Waals surface area contributed by atoms with Gasteiger partial charge >= 0.3 is 6.03 Å². The average Bonchev–Trinajstić information content (AvgIpc) is 3.39. The van der Waals surface area contributed by atoms with E-state index >= 15 is 0 Å². The summed E-state index contributed by atoms with van der Waals surface area (Å²) < 4.78 is 5.49. The number of aryl methyl sites for hydroxylation is 2. The number of amides is 3. The van der Waals surface area contributed by atoms with Crippen LogP contribution in [0.4, 0.5) is 16.2 Å². The molecule has 34 heavy (non-hydrogen) atoms. The van der Waals surface area contributed by atoms with Gasteiger partial charge in [0.15, 0.2) is 4.87 Å². The van der Waals surface area contributed by atoms with Crippen LogP contribution in [0.3, 0.4) is 0 Å². The van der Waals surface area contributed by atoms with Crippen LogP contribution in [0.2, 0.25) is 0 Å². The summed E-state index contributed by atoms with van der Waals surface area (Å²) in [6.07, 6.45) is 0. The van der Waals surface area contributed by atoms with Crippen molar-refractivity contribution in [1.82, 2.24) is 4.90 Å². The Bertz CT molecular complexity index is 1260. The van der Waals surface area contributed by atoms with Crippen LogP contribution in [0.15, 0.2) is 66.7 Å². The maximum Gasteiger partial charge on any atom is 0.323 e. The molecule has 1 fully saturated rings. The summed E-state index contributed by atoms with van der Waals surface area (Å²) in [6.45, 7) is 4.97. The molecule has 1 atom stereocenters. The lowest BCUT2D eigenvalue weighted by Crippen LogP contribution is -2.51. The number of methoxy groups -OCH3 is 1. The van der Waals surface area contributed by atoms with Crippen LogP contribution in [-0.4, -0.2) is 36.2 Å². The van der Waals surface area contributed by atoms with E-state index in [2.05, 4.69) is 5.32 Å². The molecule has 7 heteroatoms. The van der Waals surface area contributed by atoms with Gasteiger partial charge in [0, 0.05) is 23.5 Å². The first-order valence-electron chi connectivity index (χ1n) is 11.3. The number of urea groups is 1. The van der Waals surface area contributed by atoms with Crippen molar-refractivity contribution >= 4 is 35.1 Å². The van der Waals surface area contributed by atoms with Crippen LogP contribution in [0.25, 0.3) is 0 Å². The van der Waals surface area contributed by atoms with Crippen molar-refractivity contribution in [3.8, 4) is 5.75 Å². The summed E-state index contributed by atoms with van der Waals surface area (Å²) in [4.78, 5) is 30.0. The molecule has 2 aliphatic heterocycles. The molecule has 3 aromatic rings. The van der Waals surface area contributed by atoms with Crippen molar-refractivity contribution in [3.63, 3.8) is 0 Å². The standard InChI is InChI=1S/C27H27N3O3S/c1-18-8-10-21(11-9-18)28-26(32)30-14-15-34-27(30)23-16-22(33-3)12-13-24(23)29(25(27)31)17-20-7-5-4-6-19(20)2/h4-13,16H,14-15,17H2,1-3H3,(H,28,32). The monoisotopic (exact) mass is 473 g/mol. The first-order chi connectivity index (χ1) is 16.4. The number of carbonyl (C=O) groups excluding carboxylic acids is 2. The van der Waals surface area contributed by atoms with Gasteiger partial charge in [0.1, 0.15) is 5.75 Å². The quantitative estimate of drug-likeness (QED) is 0.559. The predicted molar refractivity (Wildman–Crippen MR) is 136 cm³/mol. The van der Waals surface area contributed by atoms with Gasteiger partial charge < -0.3 is 15.0 Å². The molecule has 0 aliphatic carbocycles. The van der Waals surface area contributed by atoms with Crippen LogP contribution in [0, 0.1) is 13.8 Å². The molecule has 0 aromatic heterocycles. The van der Waals surface area contributed by atoms with Gasteiger partial charge in [-0.3, -0.25) is 9.69 Å². The summed E-state index contributed by atoms with van der Waals surface area (Å²) in [5, 5.41) is 2.99. The number of carbonyl (C=O) groups is 2. The van der Waals surface area contributed by atoms with Crippen molar-refractivity contribution < 1.29 is 14.3 Å². The van der Waals surface area contributed by atoms with Gasteiger partial charge in [-0.15, -0.1) is 11.8 Å². The zero-order valence-corrected chi connectivity index (χ0v) is 20.3. The van der Waals surface area contributed by atoms with E-state index in [0.29, 0.717) is 30.3 Å². The second-order valence-electron chi connectivity index (χ2n) is 8.64. The van der Waals surface area contributed by atoms with E-state index in [0.717, 1.165) is 27.9 Å². The third-order valence-corrected chi connectivity index (χ3v) is 7.96. The highest BCUT2D eigenvalue weighted by Gasteiger charge is 2.59. The first kappa shape index (κ1) is 22.3. The number of anilines is 2. The minimum absolute atomic E-state index is 0.0967. The minimum Gasteiger partial charge on any atom is -0.497 e. The molecular formula is C27H27N3O3S. The molecule has 0 bridgehead atoms. The van der Waals surface area contributed by atoms with Crippen molar-refractivity contribution in [3.05, 3.63) is 89.0 Å².